The molecule has 0 saturated carbocycles. The van der Waals surface area contributed by atoms with Crippen LogP contribution in [-0.2, 0) is 25.2 Å². The number of rotatable bonds is 23. The number of aromatic nitrogens is 22. The van der Waals surface area contributed by atoms with Crippen molar-refractivity contribution in [2.45, 2.75) is 160 Å². The van der Waals surface area contributed by atoms with Crippen LogP contribution in [0.4, 0.5) is 99.6 Å². The molecule has 0 fully saturated rings. The molecule has 0 aliphatic carbocycles. The van der Waals surface area contributed by atoms with Crippen LogP contribution in [0.2, 0.25) is 5.15 Å². The van der Waals surface area contributed by atoms with Crippen molar-refractivity contribution in [2.75, 3.05) is 78.8 Å². The number of anilines is 2. The Labute approximate surface area is 726 Å². The minimum Gasteiger partial charge on any atom is -0.481 e. The summed E-state index contributed by atoms with van der Waals surface area (Å²) in [6.45, 7) is 8.87. The van der Waals surface area contributed by atoms with Gasteiger partial charge in [-0.25, -0.2) is 44.3 Å². The summed E-state index contributed by atoms with van der Waals surface area (Å²) in [4.78, 5) is 82.7. The second kappa shape index (κ2) is 57.1. The molecule has 0 saturated heterocycles. The molecule has 35 nitrogen and oxygen atoms in total. The zero-order valence-corrected chi connectivity index (χ0v) is 73.0. The smallest absolute Gasteiger partial charge is 0.451 e. The molecule has 0 aliphatic heterocycles. The number of hydrogen-bond acceptors (Lipinski definition) is 36. The first kappa shape index (κ1) is 113. The Hall–Kier alpha value is -12.7. The summed E-state index contributed by atoms with van der Waals surface area (Å²) in [5, 5.41) is 4.28. The van der Waals surface area contributed by atoms with Crippen molar-refractivity contribution in [3.8, 4) is 64.9 Å². The van der Waals surface area contributed by atoms with Crippen molar-refractivity contribution in [3.05, 3.63) is 141 Å². The maximum atomic E-state index is 12.2. The highest BCUT2D eigenvalue weighted by Gasteiger charge is 2.37. The molecule has 708 valence electrons. The van der Waals surface area contributed by atoms with Crippen molar-refractivity contribution in [1.82, 2.24) is 110 Å². The molecular formula is C71H85ClF20N24O11S. The van der Waals surface area contributed by atoms with E-state index in [-0.39, 0.29) is 58.5 Å². The lowest BCUT2D eigenvalue weighted by molar-refractivity contribution is -0.145. The number of aryl methyl sites for hydroxylation is 11. The molecule has 0 radical (unpaired) electrons. The molecule has 0 bridgehead atoms. The fourth-order valence-electron chi connectivity index (χ4n) is 7.96. The van der Waals surface area contributed by atoms with Gasteiger partial charge < -0.3 is 62.3 Å². The lowest BCUT2D eigenvalue weighted by atomic mass is 10.4. The predicted octanol–water partition coefficient (Wildman–Crippen LogP) is 16.2. The van der Waals surface area contributed by atoms with Crippen LogP contribution in [-0.4, -0.2) is 211 Å². The SMILES string of the molecule is CCOc1cc(OCC)nc(C)n1.CCOc1nc(C)nc(NC)n1.COc1cc(C(F)(F)F)nc(C)n1.COc1cc(SC)nc(C)n1.COc1nc(C)nc(C(F)(F)F)n1.Cc1cc(Cl)nc(C)n1.Cc1nc(CF)cc(OC(F)F)n1.Cc1nc(OC(F)F)cc(C(F)(F)F)n1.Cc1nc(OC(F)F)cc(N(C)C)n1.Cc1nc(OC(F)F)cc(OC(F)F)n1. The van der Waals surface area contributed by atoms with E-state index in [1.54, 1.807) is 70.9 Å². The minimum atomic E-state index is -4.71. The molecule has 0 aromatic carbocycles. The van der Waals surface area contributed by atoms with Crippen molar-refractivity contribution < 1.29 is 140 Å². The van der Waals surface area contributed by atoms with Crippen molar-refractivity contribution in [1.29, 1.82) is 0 Å². The summed E-state index contributed by atoms with van der Waals surface area (Å²) in [5.74, 6) is 2.32. The normalized spacial score (nSPS) is 10.6. The highest BCUT2D eigenvalue weighted by molar-refractivity contribution is 7.98. The van der Waals surface area contributed by atoms with E-state index in [1.165, 1.54) is 48.0 Å². The standard InChI is InChI=1S/C9H14N2O2.C8H11F2N3O.C7H5F5N2O.C7H6F4N2O2.2C7H7F3N2O.C7H12N4O.C7H10N2OS.C6H7ClN2.C6H6F3N3O/c1-4-12-8-6-9(13-5-2)11-7(3)10-8;1-5-11-6(13(2)3)4-7(12-5)14-8(9)10;1-3-13-4(7(10,11)12)2-5(14-3)15-6(8)9;1-3-12-4(14-6(8)9)2-5(13-3)15-7(10)11;1-4-11-5(7(8,9)10)3-6(12-4)13-2;1-4-11-5(3-8)2-6(12-4)13-7(9)10;1-4-12-7-10-5(2)9-6(8-3)11-7;1-5-8-6(10-2)4-7(9-5)11-3;1-4-3-6(7)9-5(2)8-4;1-3-10-4(6(7,8)9)12-5(11-3)13-2/h6H,4-5H2,1-3H3;4,8H,1-3H3;2,6H,1H3;2,6-7H,1H3;3H,1-2H3;2,7H,3H2,1H3;4H2,1-3H3,(H,8,9,10,11);4H,1-3H3;3H,1-2H3;1-2H3. The summed E-state index contributed by atoms with van der Waals surface area (Å²) in [7, 11) is 9.31. The van der Waals surface area contributed by atoms with Crippen LogP contribution < -0.4 is 62.3 Å². The van der Waals surface area contributed by atoms with Gasteiger partial charge in [0.2, 0.25) is 64.7 Å². The van der Waals surface area contributed by atoms with E-state index < -0.39 is 93.1 Å². The first-order valence-corrected chi connectivity index (χ1v) is 37.1. The third-order valence-corrected chi connectivity index (χ3v) is 13.2. The van der Waals surface area contributed by atoms with Crippen molar-refractivity contribution in [2.24, 2.45) is 0 Å². The van der Waals surface area contributed by atoms with Crippen LogP contribution in [0.3, 0.4) is 0 Å². The lowest BCUT2D eigenvalue weighted by Crippen LogP contribution is -2.13. The Kier molecular flexibility index (Phi) is 50.5. The monoisotopic (exact) mass is 1900 g/mol. The Balaban J connectivity index is 0.000000713. The third-order valence-electron chi connectivity index (χ3n) is 12.4. The van der Waals surface area contributed by atoms with Gasteiger partial charge in [-0.3, -0.25) is 0 Å². The Bertz CT molecular complexity index is 4760. The van der Waals surface area contributed by atoms with Gasteiger partial charge in [0.05, 0.1) is 59.0 Å². The maximum absolute atomic E-state index is 12.2. The van der Waals surface area contributed by atoms with Gasteiger partial charge >= 0.3 is 63.6 Å². The zero-order chi connectivity index (χ0) is 97.5. The highest BCUT2D eigenvalue weighted by atomic mass is 35.5. The molecule has 57 heteroatoms. The largest absolute Gasteiger partial charge is 0.481 e. The van der Waals surface area contributed by atoms with Gasteiger partial charge in [0.1, 0.15) is 80.9 Å². The maximum Gasteiger partial charge on any atom is 0.451 e. The van der Waals surface area contributed by atoms with E-state index in [0.29, 0.717) is 83.9 Å². The first-order chi connectivity index (χ1) is 59.7. The van der Waals surface area contributed by atoms with E-state index in [9.17, 15) is 87.8 Å². The van der Waals surface area contributed by atoms with E-state index >= 15 is 0 Å². The quantitative estimate of drug-likeness (QED) is 0.0353. The van der Waals surface area contributed by atoms with Crippen LogP contribution in [0.5, 0.6) is 64.9 Å². The van der Waals surface area contributed by atoms with Crippen LogP contribution in [0, 0.1) is 76.2 Å². The van der Waals surface area contributed by atoms with Gasteiger partial charge in [-0.05, 0) is 109 Å². The molecule has 128 heavy (non-hydrogen) atoms. The molecule has 0 spiro atoms. The molecule has 0 unspecified atom stereocenters. The topological polar surface area (TPSA) is 400 Å². The van der Waals surface area contributed by atoms with E-state index in [4.69, 9.17) is 30.5 Å². The molecule has 0 amide bonds. The number of nitrogens with one attached hydrogen (secondary N) is 1. The number of halogens is 21. The van der Waals surface area contributed by atoms with Crippen molar-refractivity contribution in [3.63, 3.8) is 0 Å². The zero-order valence-electron chi connectivity index (χ0n) is 71.5. The first-order valence-electron chi connectivity index (χ1n) is 35.5. The van der Waals surface area contributed by atoms with E-state index in [2.05, 4.69) is 148 Å². The molecule has 0 atom stereocenters. The van der Waals surface area contributed by atoms with E-state index in [0.717, 1.165) is 47.5 Å². The number of ether oxygens (including phenoxy) is 11. The average Bonchev–Trinajstić information content (AvgIpc) is 0.839. The number of methoxy groups -OCH3 is 3. The van der Waals surface area contributed by atoms with Crippen LogP contribution in [0.1, 0.15) is 108 Å². The number of nitrogens with zero attached hydrogens (tertiary/aromatic N) is 23. The second-order valence-electron chi connectivity index (χ2n) is 23.0. The molecule has 10 aromatic rings. The van der Waals surface area contributed by atoms with Gasteiger partial charge in [-0.1, -0.05) is 11.6 Å². The summed E-state index contributed by atoms with van der Waals surface area (Å²) in [6, 6.07) is 9.51. The summed E-state index contributed by atoms with van der Waals surface area (Å²) < 4.78 is 288. The van der Waals surface area contributed by atoms with Gasteiger partial charge in [0.15, 0.2) is 11.4 Å². The predicted molar refractivity (Wildman–Crippen MR) is 415 cm³/mol. The number of alkyl halides is 20. The molecule has 10 heterocycles. The molecular weight excluding hydrogens is 1810 g/mol. The van der Waals surface area contributed by atoms with Gasteiger partial charge in [0.25, 0.3) is 0 Å². The van der Waals surface area contributed by atoms with E-state index in [1.807, 2.05) is 60.8 Å². The summed E-state index contributed by atoms with van der Waals surface area (Å²) >= 11 is 7.18. The summed E-state index contributed by atoms with van der Waals surface area (Å²) in [5.41, 5.74) is -1.36. The molecule has 10 aromatic heterocycles. The van der Waals surface area contributed by atoms with Gasteiger partial charge in [-0.2, -0.15) is 153 Å². The molecule has 1 N–H and O–H groups in total. The number of thioether (sulfide) groups is 1. The Morgan fingerprint density at radius 3 is 1.09 bits per heavy atom. The molecule has 10 rings (SSSR count). The average molecular weight is 1900 g/mol. The fraction of sp³-hybridized carbons (Fsp3) is 0.465. The third kappa shape index (κ3) is 49.3. The van der Waals surface area contributed by atoms with Crippen LogP contribution in [0.15, 0.2) is 53.6 Å². The second-order valence-corrected chi connectivity index (χ2v) is 24.3. The Morgan fingerprint density at radius 2 is 0.711 bits per heavy atom. The molecule has 0 aliphatic rings. The number of hydrogen-bond donors (Lipinski definition) is 1. The Morgan fingerprint density at radius 1 is 0.359 bits per heavy atom. The highest BCUT2D eigenvalue weighted by Crippen LogP contribution is 2.32. The summed E-state index contributed by atoms with van der Waals surface area (Å²) in [6.07, 6.45) is -11.8. The van der Waals surface area contributed by atoms with Gasteiger partial charge in [0, 0.05) is 57.2 Å². The lowest BCUT2D eigenvalue weighted by Gasteiger charge is -2.12. The minimum absolute atomic E-state index is 0.0104. The van der Waals surface area contributed by atoms with Crippen molar-refractivity contribution >= 4 is 35.1 Å². The fourth-order valence-corrected chi connectivity index (χ4v) is 8.68. The van der Waals surface area contributed by atoms with Gasteiger partial charge in [-0.15, -0.1) is 11.8 Å². The van der Waals surface area contributed by atoms with Crippen LogP contribution in [0.25, 0.3) is 0 Å². The van der Waals surface area contributed by atoms with Crippen LogP contribution >= 0.6 is 23.4 Å².